The smallest absolute Gasteiger partial charge is 0.241 e. The van der Waals surface area contributed by atoms with Gasteiger partial charge >= 0.3 is 0 Å². The summed E-state index contributed by atoms with van der Waals surface area (Å²) in [6.45, 7) is 6.35. The van der Waals surface area contributed by atoms with Crippen molar-refractivity contribution in [2.24, 2.45) is 17.1 Å². The second-order valence-corrected chi connectivity index (χ2v) is 6.69. The molecule has 1 saturated carbocycles. The molecule has 0 aromatic carbocycles. The summed E-state index contributed by atoms with van der Waals surface area (Å²) < 4.78 is 5.81. The number of hydrogen-bond donors (Lipinski definition) is 2. The van der Waals surface area contributed by atoms with Gasteiger partial charge in [-0.3, -0.25) is 4.79 Å². The molecule has 19 heavy (non-hydrogen) atoms. The number of nitrogens with two attached hydrogens (primary N) is 1. The molecule has 0 radical (unpaired) electrons. The minimum Gasteiger partial charge on any atom is -0.377 e. The number of ether oxygens (including phenoxy) is 1. The molecule has 0 bridgehead atoms. The molecular weight excluding hydrogens is 242 g/mol. The third kappa shape index (κ3) is 2.18. The molecule has 0 aromatic heterocycles. The van der Waals surface area contributed by atoms with Crippen molar-refractivity contribution >= 4 is 5.91 Å². The number of nitrogens with one attached hydrogen (secondary N) is 1. The zero-order valence-corrected chi connectivity index (χ0v) is 12.5. The van der Waals surface area contributed by atoms with E-state index < -0.39 is 5.54 Å². The molecule has 5 nitrogen and oxygen atoms in total. The fourth-order valence-electron chi connectivity index (χ4n) is 3.58. The first-order valence-electron chi connectivity index (χ1n) is 7.15. The van der Waals surface area contributed by atoms with E-state index in [1.165, 1.54) is 0 Å². The summed E-state index contributed by atoms with van der Waals surface area (Å²) in [5.74, 6) is 0.140. The number of hydrogen-bond acceptors (Lipinski definition) is 4. The molecule has 2 fully saturated rings. The van der Waals surface area contributed by atoms with Gasteiger partial charge in [0.15, 0.2) is 0 Å². The van der Waals surface area contributed by atoms with Crippen LogP contribution in [0, 0.1) is 11.3 Å². The number of nitrogens with zero attached hydrogens (tertiary/aromatic N) is 1. The number of amides is 1. The van der Waals surface area contributed by atoms with Crippen LogP contribution in [0.4, 0.5) is 0 Å². The summed E-state index contributed by atoms with van der Waals surface area (Å²) in [6.07, 6.45) is 2.12. The maximum absolute atomic E-state index is 12.5. The number of rotatable bonds is 4. The van der Waals surface area contributed by atoms with Crippen molar-refractivity contribution in [2.45, 2.75) is 38.3 Å². The minimum atomic E-state index is -0.787. The molecule has 1 heterocycles. The van der Waals surface area contributed by atoms with Crippen LogP contribution < -0.4 is 11.1 Å². The molecule has 3 atom stereocenters. The van der Waals surface area contributed by atoms with Crippen LogP contribution in [0.2, 0.25) is 0 Å². The molecule has 2 aliphatic rings. The Labute approximate surface area is 115 Å². The van der Waals surface area contributed by atoms with Crippen LogP contribution >= 0.6 is 0 Å². The van der Waals surface area contributed by atoms with E-state index in [2.05, 4.69) is 5.32 Å². The lowest BCUT2D eigenvalue weighted by Crippen LogP contribution is -2.82. The van der Waals surface area contributed by atoms with Crippen LogP contribution in [0.15, 0.2) is 0 Å². The highest BCUT2D eigenvalue weighted by Crippen LogP contribution is 2.57. The van der Waals surface area contributed by atoms with Crippen molar-refractivity contribution in [3.63, 3.8) is 0 Å². The summed E-state index contributed by atoms with van der Waals surface area (Å²) >= 11 is 0. The van der Waals surface area contributed by atoms with Crippen LogP contribution in [-0.2, 0) is 9.53 Å². The third-order valence-electron chi connectivity index (χ3n) is 4.90. The van der Waals surface area contributed by atoms with E-state index in [1.54, 1.807) is 0 Å². The molecule has 3 N–H and O–H groups in total. The van der Waals surface area contributed by atoms with E-state index in [0.29, 0.717) is 6.54 Å². The molecule has 1 saturated heterocycles. The Morgan fingerprint density at radius 2 is 2.16 bits per heavy atom. The van der Waals surface area contributed by atoms with Crippen molar-refractivity contribution in [3.05, 3.63) is 0 Å². The Morgan fingerprint density at radius 1 is 1.47 bits per heavy atom. The van der Waals surface area contributed by atoms with Gasteiger partial charge in [-0.2, -0.15) is 0 Å². The SMILES string of the molecule is CN(C)CCNC(=O)C1(N)C2CCCOC2C1(C)C. The second kappa shape index (κ2) is 5.04. The number of likely N-dealkylation sites (N-methyl/N-ethyl adjacent to an activating group) is 1. The Kier molecular flexibility index (Phi) is 3.91. The van der Waals surface area contributed by atoms with Gasteiger partial charge in [-0.05, 0) is 26.9 Å². The Hall–Kier alpha value is -0.650. The Morgan fingerprint density at radius 3 is 2.79 bits per heavy atom. The van der Waals surface area contributed by atoms with Gasteiger partial charge in [0, 0.05) is 31.0 Å². The number of carbonyl (C=O) groups is 1. The molecule has 0 aromatic rings. The zero-order chi connectivity index (χ0) is 14.3. The van der Waals surface area contributed by atoms with Gasteiger partial charge in [-0.25, -0.2) is 0 Å². The average molecular weight is 269 g/mol. The summed E-state index contributed by atoms with van der Waals surface area (Å²) in [6, 6.07) is 0. The monoisotopic (exact) mass is 269 g/mol. The normalized spacial score (nSPS) is 36.5. The summed E-state index contributed by atoms with van der Waals surface area (Å²) in [5.41, 5.74) is 5.41. The third-order valence-corrected chi connectivity index (χ3v) is 4.90. The molecule has 5 heteroatoms. The molecule has 0 spiro atoms. The van der Waals surface area contributed by atoms with Crippen molar-refractivity contribution in [3.8, 4) is 0 Å². The van der Waals surface area contributed by atoms with Gasteiger partial charge < -0.3 is 20.7 Å². The molecule has 1 aliphatic heterocycles. The van der Waals surface area contributed by atoms with Crippen molar-refractivity contribution in [1.82, 2.24) is 10.2 Å². The highest BCUT2D eigenvalue weighted by Gasteiger charge is 2.70. The highest BCUT2D eigenvalue weighted by molar-refractivity contribution is 5.89. The van der Waals surface area contributed by atoms with E-state index in [1.807, 2.05) is 32.8 Å². The first-order valence-corrected chi connectivity index (χ1v) is 7.15. The van der Waals surface area contributed by atoms with Crippen molar-refractivity contribution in [1.29, 1.82) is 0 Å². The summed E-state index contributed by atoms with van der Waals surface area (Å²) in [7, 11) is 3.98. The molecule has 110 valence electrons. The predicted molar refractivity (Wildman–Crippen MR) is 74.7 cm³/mol. The van der Waals surface area contributed by atoms with Crippen LogP contribution in [0.1, 0.15) is 26.7 Å². The fourth-order valence-corrected chi connectivity index (χ4v) is 3.58. The lowest BCUT2D eigenvalue weighted by atomic mass is 9.46. The van der Waals surface area contributed by atoms with E-state index in [4.69, 9.17) is 10.5 Å². The Bertz CT molecular complexity index is 357. The van der Waals surface area contributed by atoms with E-state index >= 15 is 0 Å². The van der Waals surface area contributed by atoms with Gasteiger partial charge in [-0.15, -0.1) is 0 Å². The average Bonchev–Trinajstić information content (AvgIpc) is 2.37. The van der Waals surface area contributed by atoms with Crippen molar-refractivity contribution in [2.75, 3.05) is 33.8 Å². The van der Waals surface area contributed by atoms with Gasteiger partial charge in [0.2, 0.25) is 5.91 Å². The molecule has 2 rings (SSSR count). The van der Waals surface area contributed by atoms with Crippen LogP contribution in [-0.4, -0.2) is 56.2 Å². The molecule has 1 amide bonds. The molecular formula is C14H27N3O2. The number of fused-ring (bicyclic) bond motifs is 1. The number of carbonyl (C=O) groups excluding carboxylic acids is 1. The van der Waals surface area contributed by atoms with Gasteiger partial charge in [0.05, 0.1) is 6.10 Å². The fraction of sp³-hybridized carbons (Fsp3) is 0.929. The highest BCUT2D eigenvalue weighted by atomic mass is 16.5. The molecule has 1 aliphatic carbocycles. The zero-order valence-electron chi connectivity index (χ0n) is 12.5. The topological polar surface area (TPSA) is 67.6 Å². The Balaban J connectivity index is 2.02. The van der Waals surface area contributed by atoms with Gasteiger partial charge in [-0.1, -0.05) is 13.8 Å². The van der Waals surface area contributed by atoms with Crippen LogP contribution in [0.3, 0.4) is 0 Å². The lowest BCUT2D eigenvalue weighted by Gasteiger charge is -2.65. The van der Waals surface area contributed by atoms with E-state index in [-0.39, 0.29) is 23.3 Å². The predicted octanol–water partition coefficient (Wildman–Crippen LogP) is 0.197. The van der Waals surface area contributed by atoms with E-state index in [0.717, 1.165) is 26.0 Å². The van der Waals surface area contributed by atoms with E-state index in [9.17, 15) is 4.79 Å². The summed E-state index contributed by atoms with van der Waals surface area (Å²) in [4.78, 5) is 14.5. The largest absolute Gasteiger partial charge is 0.377 e. The van der Waals surface area contributed by atoms with Gasteiger partial charge in [0.1, 0.15) is 5.54 Å². The quantitative estimate of drug-likeness (QED) is 0.765. The second-order valence-electron chi connectivity index (χ2n) is 6.69. The summed E-state index contributed by atoms with van der Waals surface area (Å²) in [5, 5.41) is 2.98. The maximum atomic E-state index is 12.5. The first kappa shape index (κ1) is 14.8. The first-order chi connectivity index (χ1) is 8.81. The standard InChI is InChI=1S/C14H27N3O2/c1-13(2)11-10(6-5-9-19-11)14(13,15)12(18)16-7-8-17(3)4/h10-11H,5-9,15H2,1-4H3,(H,16,18). The van der Waals surface area contributed by atoms with Crippen LogP contribution in [0.25, 0.3) is 0 Å². The van der Waals surface area contributed by atoms with Gasteiger partial charge in [0.25, 0.3) is 0 Å². The van der Waals surface area contributed by atoms with Crippen LogP contribution in [0.5, 0.6) is 0 Å². The van der Waals surface area contributed by atoms with Crippen molar-refractivity contribution < 1.29 is 9.53 Å². The molecule has 3 unspecified atom stereocenters. The minimum absolute atomic E-state index is 0.0221. The maximum Gasteiger partial charge on any atom is 0.241 e. The lowest BCUT2D eigenvalue weighted by molar-refractivity contribution is -0.225.